The zero-order valence-electron chi connectivity index (χ0n) is 13.0. The van der Waals surface area contributed by atoms with Gasteiger partial charge in [-0.3, -0.25) is 4.79 Å². The number of hydrogen-bond acceptors (Lipinski definition) is 2. The highest BCUT2D eigenvalue weighted by atomic mass is 35.5. The largest absolute Gasteiger partial charge is 0.338 e. The van der Waals surface area contributed by atoms with E-state index in [9.17, 15) is 4.79 Å². The Kier molecular flexibility index (Phi) is 6.69. The molecule has 118 valence electrons. The molecule has 1 heterocycles. The molecule has 0 aliphatic carbocycles. The van der Waals surface area contributed by atoms with Crippen molar-refractivity contribution in [2.75, 3.05) is 13.1 Å². The summed E-state index contributed by atoms with van der Waals surface area (Å²) in [6.07, 6.45) is 3.89. The molecular formula is C17H27ClN2O. The molecule has 1 aliphatic rings. The Morgan fingerprint density at radius 3 is 2.57 bits per heavy atom. The topological polar surface area (TPSA) is 46.3 Å². The zero-order valence-corrected chi connectivity index (χ0v) is 13.9. The molecule has 2 rings (SSSR count). The van der Waals surface area contributed by atoms with Crippen LogP contribution in [0.5, 0.6) is 0 Å². The standard InChI is InChI=1S/C17H26N2O.ClH/c1-17(2,14-8-4-3-5-9-14)12-16(20)19-11-7-6-10-15(19)13-18;/h3-5,8-9,15H,6-7,10-13,18H2,1-2H3;1H. The molecule has 3 nitrogen and oxygen atoms in total. The first-order chi connectivity index (χ1) is 9.54. The van der Waals surface area contributed by atoms with Crippen LogP contribution in [0.2, 0.25) is 0 Å². The Morgan fingerprint density at radius 1 is 1.29 bits per heavy atom. The molecule has 0 aromatic heterocycles. The second-order valence-corrected chi connectivity index (χ2v) is 6.40. The highest BCUT2D eigenvalue weighted by molar-refractivity contribution is 5.85. The van der Waals surface area contributed by atoms with E-state index in [0.29, 0.717) is 13.0 Å². The van der Waals surface area contributed by atoms with Crippen LogP contribution in [0.4, 0.5) is 0 Å². The van der Waals surface area contributed by atoms with Crippen molar-refractivity contribution in [2.45, 2.75) is 51.0 Å². The molecule has 21 heavy (non-hydrogen) atoms. The van der Waals surface area contributed by atoms with Gasteiger partial charge in [0.1, 0.15) is 0 Å². The summed E-state index contributed by atoms with van der Waals surface area (Å²) >= 11 is 0. The van der Waals surface area contributed by atoms with Crippen LogP contribution in [-0.2, 0) is 10.2 Å². The highest BCUT2D eigenvalue weighted by Crippen LogP contribution is 2.29. The molecular weight excluding hydrogens is 284 g/mol. The molecule has 0 bridgehead atoms. The average molecular weight is 311 g/mol. The number of carbonyl (C=O) groups is 1. The van der Waals surface area contributed by atoms with E-state index in [-0.39, 0.29) is 29.8 Å². The average Bonchev–Trinajstić information content (AvgIpc) is 2.47. The summed E-state index contributed by atoms with van der Waals surface area (Å²) in [5.41, 5.74) is 6.90. The fourth-order valence-electron chi connectivity index (χ4n) is 3.04. The van der Waals surface area contributed by atoms with Crippen LogP contribution in [0.15, 0.2) is 30.3 Å². The van der Waals surface area contributed by atoms with Crippen molar-refractivity contribution in [3.8, 4) is 0 Å². The van der Waals surface area contributed by atoms with E-state index < -0.39 is 0 Å². The van der Waals surface area contributed by atoms with Gasteiger partial charge in [-0.05, 0) is 30.2 Å². The smallest absolute Gasteiger partial charge is 0.223 e. The SMILES string of the molecule is CC(C)(CC(=O)N1CCCCC1CN)c1ccccc1.Cl. The lowest BCUT2D eigenvalue weighted by atomic mass is 9.81. The van der Waals surface area contributed by atoms with Crippen LogP contribution in [0.25, 0.3) is 0 Å². The van der Waals surface area contributed by atoms with Gasteiger partial charge in [0.05, 0.1) is 0 Å². The lowest BCUT2D eigenvalue weighted by molar-refractivity contribution is -0.135. The van der Waals surface area contributed by atoms with E-state index in [0.717, 1.165) is 19.4 Å². The van der Waals surface area contributed by atoms with Crippen molar-refractivity contribution in [3.63, 3.8) is 0 Å². The van der Waals surface area contributed by atoms with Crippen molar-refractivity contribution in [2.24, 2.45) is 5.73 Å². The van der Waals surface area contributed by atoms with E-state index in [2.05, 4.69) is 26.0 Å². The minimum atomic E-state index is -0.130. The molecule has 0 radical (unpaired) electrons. The zero-order chi connectivity index (χ0) is 14.6. The summed E-state index contributed by atoms with van der Waals surface area (Å²) in [5.74, 6) is 0.244. The molecule has 1 aliphatic heterocycles. The normalized spacial score (nSPS) is 19.0. The van der Waals surface area contributed by atoms with Gasteiger partial charge >= 0.3 is 0 Å². The van der Waals surface area contributed by atoms with Gasteiger partial charge in [0, 0.05) is 25.6 Å². The molecule has 1 atom stereocenters. The predicted molar refractivity (Wildman–Crippen MR) is 89.7 cm³/mol. The van der Waals surface area contributed by atoms with E-state index in [1.807, 2.05) is 23.1 Å². The Hall–Kier alpha value is -1.06. The second kappa shape index (κ2) is 7.81. The first-order valence-electron chi connectivity index (χ1n) is 7.59. The fourth-order valence-corrected chi connectivity index (χ4v) is 3.04. The van der Waals surface area contributed by atoms with E-state index in [1.54, 1.807) is 0 Å². The van der Waals surface area contributed by atoms with Crippen molar-refractivity contribution in [1.82, 2.24) is 4.90 Å². The summed E-state index contributed by atoms with van der Waals surface area (Å²) in [6, 6.07) is 10.5. The maximum Gasteiger partial charge on any atom is 0.223 e. The third-order valence-corrected chi connectivity index (χ3v) is 4.37. The van der Waals surface area contributed by atoms with Gasteiger partial charge in [-0.25, -0.2) is 0 Å². The summed E-state index contributed by atoms with van der Waals surface area (Å²) in [4.78, 5) is 14.6. The number of piperidine rings is 1. The first-order valence-corrected chi connectivity index (χ1v) is 7.59. The molecule has 1 amide bonds. The minimum absolute atomic E-state index is 0. The Bertz CT molecular complexity index is 447. The quantitative estimate of drug-likeness (QED) is 0.929. The number of hydrogen-bond donors (Lipinski definition) is 1. The molecule has 1 aromatic rings. The van der Waals surface area contributed by atoms with Crippen LogP contribution in [0, 0.1) is 0 Å². The van der Waals surface area contributed by atoms with Gasteiger partial charge in [0.15, 0.2) is 0 Å². The van der Waals surface area contributed by atoms with Crippen LogP contribution < -0.4 is 5.73 Å². The summed E-state index contributed by atoms with van der Waals surface area (Å²) in [6.45, 7) is 5.73. The fraction of sp³-hybridized carbons (Fsp3) is 0.588. The van der Waals surface area contributed by atoms with E-state index in [4.69, 9.17) is 5.73 Å². The summed E-state index contributed by atoms with van der Waals surface area (Å²) < 4.78 is 0. The molecule has 2 N–H and O–H groups in total. The van der Waals surface area contributed by atoms with Gasteiger partial charge in [0.2, 0.25) is 5.91 Å². The van der Waals surface area contributed by atoms with Gasteiger partial charge in [-0.2, -0.15) is 0 Å². The lowest BCUT2D eigenvalue weighted by Crippen LogP contribution is -2.48. The monoisotopic (exact) mass is 310 g/mol. The number of halogens is 1. The lowest BCUT2D eigenvalue weighted by Gasteiger charge is -2.37. The van der Waals surface area contributed by atoms with Gasteiger partial charge < -0.3 is 10.6 Å². The number of benzene rings is 1. The van der Waals surface area contributed by atoms with Crippen LogP contribution in [-0.4, -0.2) is 29.9 Å². The van der Waals surface area contributed by atoms with Crippen LogP contribution in [0.3, 0.4) is 0 Å². The maximum absolute atomic E-state index is 12.6. The van der Waals surface area contributed by atoms with Crippen LogP contribution in [0.1, 0.15) is 45.1 Å². The molecule has 0 spiro atoms. The molecule has 1 unspecified atom stereocenters. The molecule has 1 saturated heterocycles. The van der Waals surface area contributed by atoms with E-state index in [1.165, 1.54) is 12.0 Å². The Morgan fingerprint density at radius 2 is 1.95 bits per heavy atom. The molecule has 1 aromatic carbocycles. The number of nitrogens with two attached hydrogens (primary N) is 1. The third kappa shape index (κ3) is 4.45. The van der Waals surface area contributed by atoms with Gasteiger partial charge in [0.25, 0.3) is 0 Å². The number of likely N-dealkylation sites (tertiary alicyclic amines) is 1. The summed E-state index contributed by atoms with van der Waals surface area (Å²) in [5, 5.41) is 0. The number of rotatable bonds is 4. The van der Waals surface area contributed by atoms with Gasteiger partial charge in [-0.15, -0.1) is 12.4 Å². The second-order valence-electron chi connectivity index (χ2n) is 6.40. The number of amides is 1. The Balaban J connectivity index is 0.00000220. The minimum Gasteiger partial charge on any atom is -0.338 e. The molecule has 1 fully saturated rings. The number of carbonyl (C=O) groups excluding carboxylic acids is 1. The van der Waals surface area contributed by atoms with E-state index >= 15 is 0 Å². The maximum atomic E-state index is 12.6. The highest BCUT2D eigenvalue weighted by Gasteiger charge is 2.31. The third-order valence-electron chi connectivity index (χ3n) is 4.37. The van der Waals surface area contributed by atoms with Crippen LogP contribution >= 0.6 is 12.4 Å². The Labute approximate surface area is 134 Å². The van der Waals surface area contributed by atoms with Crippen molar-refractivity contribution >= 4 is 18.3 Å². The summed E-state index contributed by atoms with van der Waals surface area (Å²) in [7, 11) is 0. The number of nitrogens with zero attached hydrogens (tertiary/aromatic N) is 1. The van der Waals surface area contributed by atoms with Crippen molar-refractivity contribution in [3.05, 3.63) is 35.9 Å². The van der Waals surface area contributed by atoms with Gasteiger partial charge in [-0.1, -0.05) is 44.2 Å². The van der Waals surface area contributed by atoms with Crippen molar-refractivity contribution in [1.29, 1.82) is 0 Å². The predicted octanol–water partition coefficient (Wildman–Crippen LogP) is 3.12. The first kappa shape index (κ1) is 18.0. The van der Waals surface area contributed by atoms with Crippen molar-refractivity contribution < 1.29 is 4.79 Å². The molecule has 0 saturated carbocycles. The molecule has 4 heteroatoms.